The Bertz CT molecular complexity index is 2500. The zero-order valence-corrected chi connectivity index (χ0v) is 51.2. The first-order valence-electron chi connectivity index (χ1n) is 29.9. The van der Waals surface area contributed by atoms with Crippen molar-refractivity contribution in [1.82, 2.24) is 58.1 Å². The molecule has 1 aliphatic heterocycles. The molecule has 89 heavy (non-hydrogen) atoms. The van der Waals surface area contributed by atoms with Crippen molar-refractivity contribution in [3.8, 4) is 0 Å². The van der Waals surface area contributed by atoms with Crippen molar-refractivity contribution in [3.05, 3.63) is 35.9 Å². The molecule has 0 aromatic heterocycles. The summed E-state index contributed by atoms with van der Waals surface area (Å²) in [4.78, 5) is 172. The summed E-state index contributed by atoms with van der Waals surface area (Å²) in [6.07, 6.45) is -6.23. The fourth-order valence-corrected chi connectivity index (χ4v) is 9.41. The van der Waals surface area contributed by atoms with Gasteiger partial charge in [-0.15, -0.1) is 0 Å². The second-order valence-corrected chi connectivity index (χ2v) is 22.0. The molecule has 1 heterocycles. The summed E-state index contributed by atoms with van der Waals surface area (Å²) in [6, 6.07) is -11.3. The van der Waals surface area contributed by atoms with Gasteiger partial charge in [-0.3, -0.25) is 62.4 Å². The van der Waals surface area contributed by atoms with Crippen molar-refractivity contribution in [2.45, 2.75) is 177 Å². The maximum Gasteiger partial charge on any atom is 0.255 e. The van der Waals surface area contributed by atoms with E-state index in [4.69, 9.17) is 51.6 Å². The van der Waals surface area contributed by atoms with Gasteiger partial charge in [0.2, 0.25) is 59.1 Å². The summed E-state index contributed by atoms with van der Waals surface area (Å²) >= 11 is 0. The highest BCUT2D eigenvalue weighted by Gasteiger charge is 2.45. The van der Waals surface area contributed by atoms with Crippen molar-refractivity contribution in [2.24, 2.45) is 57.5 Å². The van der Waals surface area contributed by atoms with Crippen LogP contribution in [0.4, 0.5) is 0 Å². The molecule has 0 spiro atoms. The van der Waals surface area contributed by atoms with E-state index in [-0.39, 0.29) is 101 Å². The first kappa shape index (κ1) is 77.7. The van der Waals surface area contributed by atoms with Crippen LogP contribution >= 0.6 is 0 Å². The standard InChI is InChI=1S/C55H98N20O14/c1-28(2)26-39-50(84)68-34(12-20-58)46(80)67-37(15-23-61)49(83)74-43(30(4)77)55(89)75(41(17-25-63)52(86)69-35(13-21-59)47(81)72-40(51(85)71-39)27-31-8-6-5-7-9-31)54(88)38(16-24-62)70-53(87)42(29(3)76)73-48(82)36(14-22-60)66-45(79)33(11-19-57)65-44(78)32(64)10-18-56/h5-9,28-30,32-43,76-77H,10-27,56-64H2,1-4H3,(H,65,78)(H,66,79)(H,67,80)(H,68,84)(H,69,86)(H,70,87)(H,71,85)(H,72,81)(H,73,82)(H,74,83)/t29-,30-,32+,33+,34+,35+,36+,37+,38+,39+,40-,41+,42+,43+/m1/s1. The van der Waals surface area contributed by atoms with Crippen LogP contribution in [0.1, 0.15) is 91.0 Å². The fourth-order valence-electron chi connectivity index (χ4n) is 9.41. The Morgan fingerprint density at radius 2 is 0.888 bits per heavy atom. The lowest BCUT2D eigenvalue weighted by atomic mass is 10.00. The molecule has 0 saturated carbocycles. The van der Waals surface area contributed by atoms with Crippen molar-refractivity contribution < 1.29 is 67.7 Å². The normalized spacial score (nSPS) is 22.6. The molecule has 14 atom stereocenters. The molecule has 0 bridgehead atoms. The van der Waals surface area contributed by atoms with Gasteiger partial charge in [-0.2, -0.15) is 0 Å². The third-order valence-electron chi connectivity index (χ3n) is 14.2. The predicted octanol–water partition coefficient (Wildman–Crippen LogP) is -10.3. The highest BCUT2D eigenvalue weighted by atomic mass is 16.3. The van der Waals surface area contributed by atoms with Crippen LogP contribution in [-0.4, -0.2) is 223 Å². The third-order valence-corrected chi connectivity index (χ3v) is 14.2. The highest BCUT2D eigenvalue weighted by molar-refractivity contribution is 6.07. The molecule has 34 nitrogen and oxygen atoms in total. The molecule has 1 aromatic rings. The van der Waals surface area contributed by atoms with E-state index in [9.17, 15) is 58.2 Å². The molecule has 1 fully saturated rings. The number of nitrogens with one attached hydrogen (secondary N) is 10. The molecular weight excluding hydrogens is 1160 g/mol. The van der Waals surface area contributed by atoms with Gasteiger partial charge in [-0.1, -0.05) is 44.2 Å². The molecule has 30 N–H and O–H groups in total. The molecule has 2 rings (SSSR count). The monoisotopic (exact) mass is 1260 g/mol. The fraction of sp³-hybridized carbons (Fsp3) is 0.673. The van der Waals surface area contributed by atoms with Crippen LogP contribution in [0.3, 0.4) is 0 Å². The van der Waals surface area contributed by atoms with Gasteiger partial charge in [0.15, 0.2) is 0 Å². The van der Waals surface area contributed by atoms with Crippen molar-refractivity contribution in [2.75, 3.05) is 52.4 Å². The van der Waals surface area contributed by atoms with Crippen molar-refractivity contribution in [3.63, 3.8) is 0 Å². The number of carbonyl (C=O) groups is 12. The molecule has 34 heteroatoms. The summed E-state index contributed by atoms with van der Waals surface area (Å²) in [5, 5.41) is 47.2. The average Bonchev–Trinajstić information content (AvgIpc) is 3.19. The molecule has 0 unspecified atom stereocenters. The predicted molar refractivity (Wildman–Crippen MR) is 325 cm³/mol. The molecule has 502 valence electrons. The van der Waals surface area contributed by atoms with Gasteiger partial charge < -0.3 is 115 Å². The van der Waals surface area contributed by atoms with E-state index < -0.39 is 182 Å². The first-order valence-corrected chi connectivity index (χ1v) is 29.9. The number of imide groups is 1. The SMILES string of the molecule is CC(C)C[C@@H]1NC(=O)[C@@H](Cc2ccccc2)NC(=O)[C@H](CCN)NC(=O)[C@H](CCN)N(C(=O)[C@H](CCN)NC(=O)[C@@H](NC(=O)[C@H](CCN)NC(=O)[C@H](CCN)NC(=O)[C@@H](N)CCN)[C@@H](C)O)C(=O)[C@H]([C@@H](C)O)NC(=O)[C@H](CCN)NC(=O)[C@H](CCN)NC1=O. The topological polar surface area (TPSA) is 603 Å². The van der Waals surface area contributed by atoms with Crippen LogP contribution in [-0.2, 0) is 64.0 Å². The zero-order valence-electron chi connectivity index (χ0n) is 51.2. The molecule has 12 amide bonds. The van der Waals surface area contributed by atoms with Crippen molar-refractivity contribution >= 4 is 70.9 Å². The Balaban J connectivity index is 2.93. The summed E-state index contributed by atoms with van der Waals surface area (Å²) in [5.41, 5.74) is 53.3. The number of benzene rings is 1. The lowest BCUT2D eigenvalue weighted by Gasteiger charge is -2.36. The number of rotatable bonds is 31. The van der Waals surface area contributed by atoms with Gasteiger partial charge in [0, 0.05) is 6.42 Å². The van der Waals surface area contributed by atoms with Crippen LogP contribution in [0.5, 0.6) is 0 Å². The van der Waals surface area contributed by atoms with Gasteiger partial charge >= 0.3 is 0 Å². The van der Waals surface area contributed by atoms with Gasteiger partial charge in [-0.25, -0.2) is 0 Å². The van der Waals surface area contributed by atoms with E-state index in [1.165, 1.54) is 0 Å². The van der Waals surface area contributed by atoms with E-state index >= 15 is 9.59 Å². The summed E-state index contributed by atoms with van der Waals surface area (Å²) < 4.78 is 0. The van der Waals surface area contributed by atoms with E-state index in [2.05, 4.69) is 53.2 Å². The molecule has 0 aliphatic carbocycles. The van der Waals surface area contributed by atoms with Gasteiger partial charge in [-0.05, 0) is 135 Å². The van der Waals surface area contributed by atoms with E-state index in [0.29, 0.717) is 5.56 Å². The van der Waals surface area contributed by atoms with Crippen LogP contribution in [0.2, 0.25) is 0 Å². The highest BCUT2D eigenvalue weighted by Crippen LogP contribution is 2.17. The molecular formula is C55H98N20O14. The minimum Gasteiger partial charge on any atom is -0.391 e. The number of aliphatic hydroxyl groups is 2. The number of amides is 12. The Hall–Kier alpha value is -7.38. The Kier molecular flexibility index (Phi) is 35.2. The van der Waals surface area contributed by atoms with Crippen molar-refractivity contribution in [1.29, 1.82) is 0 Å². The molecule has 0 radical (unpaired) electrons. The van der Waals surface area contributed by atoms with E-state index in [1.807, 2.05) is 0 Å². The average molecular weight is 1260 g/mol. The number of hydrogen-bond acceptors (Lipinski definition) is 23. The summed E-state index contributed by atoms with van der Waals surface area (Å²) in [7, 11) is 0. The maximum absolute atomic E-state index is 15.4. The van der Waals surface area contributed by atoms with Gasteiger partial charge in [0.1, 0.15) is 66.5 Å². The molecule has 1 saturated heterocycles. The Morgan fingerprint density at radius 1 is 0.483 bits per heavy atom. The van der Waals surface area contributed by atoms with Crippen LogP contribution in [0.15, 0.2) is 30.3 Å². The number of nitrogens with two attached hydrogens (primary N) is 9. The third kappa shape index (κ3) is 25.2. The van der Waals surface area contributed by atoms with E-state index in [0.717, 1.165) is 13.8 Å². The van der Waals surface area contributed by atoms with E-state index in [1.54, 1.807) is 44.2 Å². The number of hydrogen-bond donors (Lipinski definition) is 21. The Morgan fingerprint density at radius 3 is 1.35 bits per heavy atom. The largest absolute Gasteiger partial charge is 0.391 e. The van der Waals surface area contributed by atoms with Crippen LogP contribution in [0, 0.1) is 5.92 Å². The first-order chi connectivity index (χ1) is 42.2. The molecule has 1 aromatic carbocycles. The van der Waals surface area contributed by atoms with Gasteiger partial charge in [0.05, 0.1) is 18.2 Å². The Labute approximate surface area is 517 Å². The van der Waals surface area contributed by atoms with Crippen LogP contribution < -0.4 is 105 Å². The minimum absolute atomic E-state index is 0.0232. The summed E-state index contributed by atoms with van der Waals surface area (Å²) in [6.45, 7) is 3.73. The van der Waals surface area contributed by atoms with Crippen LogP contribution in [0.25, 0.3) is 0 Å². The number of nitrogens with zero attached hydrogens (tertiary/aromatic N) is 1. The lowest BCUT2D eigenvalue weighted by molar-refractivity contribution is -0.158. The second-order valence-electron chi connectivity index (χ2n) is 22.0. The minimum atomic E-state index is -2.20. The maximum atomic E-state index is 15.4. The smallest absolute Gasteiger partial charge is 0.255 e. The molecule has 1 aliphatic rings. The lowest BCUT2D eigenvalue weighted by Crippen LogP contribution is -2.66. The quantitative estimate of drug-likeness (QED) is 0.0328. The van der Waals surface area contributed by atoms with Gasteiger partial charge in [0.25, 0.3) is 11.8 Å². The zero-order chi connectivity index (χ0) is 67.1. The second kappa shape index (κ2) is 40.3. The summed E-state index contributed by atoms with van der Waals surface area (Å²) in [5.74, 6) is -13.4. The number of carbonyl (C=O) groups excluding carboxylic acids is 12. The number of aliphatic hydroxyl groups excluding tert-OH is 2.